The van der Waals surface area contributed by atoms with Crippen LogP contribution in [0.25, 0.3) is 0 Å². The second kappa shape index (κ2) is 13.8. The number of para-hydroxylation sites is 1. The fraction of sp³-hybridized carbons (Fsp3) is 0.600. The normalized spacial score (nSPS) is 12.8. The Bertz CT molecular complexity index is 889. The van der Waals surface area contributed by atoms with E-state index < -0.39 is 19.4 Å². The van der Waals surface area contributed by atoms with E-state index in [4.69, 9.17) is 9.26 Å². The average Bonchev–Trinajstić information content (AvgIpc) is 2.77. The zero-order valence-electron chi connectivity index (χ0n) is 23.1. The molecule has 1 aromatic rings. The molecule has 2 amide bonds. The van der Waals surface area contributed by atoms with E-state index in [9.17, 15) is 9.59 Å². The minimum Gasteiger partial charge on any atom is -0.465 e. The largest absolute Gasteiger partial charge is 0.465 e. The van der Waals surface area contributed by atoms with Gasteiger partial charge in [-0.1, -0.05) is 18.2 Å². The summed E-state index contributed by atoms with van der Waals surface area (Å²) in [5.41, 5.74) is 3.47. The highest BCUT2D eigenvalue weighted by Crippen LogP contribution is 2.61. The second-order valence-corrected chi connectivity index (χ2v) is 12.2. The number of nitrogens with zero attached hydrogens (tertiary/aromatic N) is 3. The standard InChI is InChI=1S/C25H44N5O4P/c1-17(2)29(18(3)4)35(34-11,30(19(5)6)20(7)8)23(24(31)33-10)21(9)27-28-25(32)26-22-15-13-12-14-16-22/h12-20H,1-11H3,(H2,26,28,32)/b27-21+. The van der Waals surface area contributed by atoms with E-state index in [1.807, 2.05) is 18.2 Å². The molecule has 0 unspecified atom stereocenters. The Morgan fingerprint density at radius 2 is 1.31 bits per heavy atom. The SMILES string of the molecule is COC(=O)C(/C(C)=N/NC(=O)Nc1ccccc1)=P(OC)(N(C(C)C)C(C)C)N(C(C)C)C(C)C. The second-order valence-electron chi connectivity index (χ2n) is 9.33. The molecule has 0 fully saturated rings. The Kier molecular flexibility index (Phi) is 12.1. The predicted octanol–water partition coefficient (Wildman–Crippen LogP) is 5.18. The van der Waals surface area contributed by atoms with E-state index in [0.29, 0.717) is 16.7 Å². The lowest BCUT2D eigenvalue weighted by Gasteiger charge is -2.51. The molecular weight excluding hydrogens is 465 g/mol. The lowest BCUT2D eigenvalue weighted by atomic mass is 10.3. The van der Waals surface area contributed by atoms with Crippen LogP contribution in [0.3, 0.4) is 0 Å². The third-order valence-electron chi connectivity index (χ3n) is 5.37. The number of esters is 1. The summed E-state index contributed by atoms with van der Waals surface area (Å²) in [5, 5.41) is 7.35. The van der Waals surface area contributed by atoms with Crippen molar-refractivity contribution in [1.82, 2.24) is 14.8 Å². The maximum absolute atomic E-state index is 13.4. The third kappa shape index (κ3) is 7.40. The maximum atomic E-state index is 13.4. The molecule has 0 heterocycles. The van der Waals surface area contributed by atoms with Crippen molar-refractivity contribution < 1.29 is 18.8 Å². The molecule has 0 atom stereocenters. The van der Waals surface area contributed by atoms with Crippen LogP contribution in [-0.4, -0.2) is 70.7 Å². The average molecular weight is 510 g/mol. The molecule has 0 spiro atoms. The van der Waals surface area contributed by atoms with Gasteiger partial charge in [-0.05, 0) is 74.4 Å². The monoisotopic (exact) mass is 509 g/mol. The molecule has 0 aliphatic carbocycles. The number of methoxy groups -OCH3 is 1. The molecule has 0 aliphatic rings. The Hall–Kier alpha value is -2.19. The number of carbonyl (C=O) groups excluding carboxylic acids is 2. The van der Waals surface area contributed by atoms with Gasteiger partial charge in [0.05, 0.1) is 12.8 Å². The molecule has 0 aromatic heterocycles. The number of amides is 2. The van der Waals surface area contributed by atoms with Crippen LogP contribution in [0.4, 0.5) is 10.5 Å². The van der Waals surface area contributed by atoms with E-state index in [1.165, 1.54) is 7.11 Å². The van der Waals surface area contributed by atoms with Gasteiger partial charge >= 0.3 is 12.0 Å². The van der Waals surface area contributed by atoms with Crippen molar-refractivity contribution in [3.8, 4) is 0 Å². The van der Waals surface area contributed by atoms with Crippen LogP contribution >= 0.6 is 7.41 Å². The quantitative estimate of drug-likeness (QED) is 0.185. The van der Waals surface area contributed by atoms with E-state index in [2.05, 4.69) is 80.6 Å². The molecule has 35 heavy (non-hydrogen) atoms. The molecule has 0 bridgehead atoms. The number of hydrazone groups is 1. The van der Waals surface area contributed by atoms with Crippen molar-refractivity contribution in [1.29, 1.82) is 0 Å². The van der Waals surface area contributed by atoms with Gasteiger partial charge in [0.25, 0.3) is 0 Å². The third-order valence-corrected chi connectivity index (χ3v) is 10.1. The zero-order valence-corrected chi connectivity index (χ0v) is 24.0. The van der Waals surface area contributed by atoms with Crippen molar-refractivity contribution in [3.05, 3.63) is 30.3 Å². The summed E-state index contributed by atoms with van der Waals surface area (Å²) in [5.74, 6) is -0.538. The molecule has 10 heteroatoms. The van der Waals surface area contributed by atoms with E-state index >= 15 is 0 Å². The van der Waals surface area contributed by atoms with Crippen molar-refractivity contribution in [2.75, 3.05) is 19.5 Å². The molecule has 2 N–H and O–H groups in total. The number of benzene rings is 1. The number of ether oxygens (including phenoxy) is 1. The van der Waals surface area contributed by atoms with Crippen LogP contribution in [0, 0.1) is 0 Å². The summed E-state index contributed by atoms with van der Waals surface area (Å²) in [4.78, 5) is 25.9. The lowest BCUT2D eigenvalue weighted by molar-refractivity contribution is -0.132. The van der Waals surface area contributed by atoms with Gasteiger partial charge in [0, 0.05) is 37.0 Å². The molecule has 0 aliphatic heterocycles. The van der Waals surface area contributed by atoms with Gasteiger partial charge in [-0.25, -0.2) is 24.4 Å². The first kappa shape index (κ1) is 30.8. The Morgan fingerprint density at radius 3 is 1.69 bits per heavy atom. The minimum atomic E-state index is -2.98. The smallest absolute Gasteiger partial charge is 0.344 e. The Labute approximate surface area is 211 Å². The molecule has 0 saturated heterocycles. The summed E-state index contributed by atoms with van der Waals surface area (Å²) >= 11 is 0. The number of carbonyl (C=O) groups is 2. The number of hydrogen-bond donors (Lipinski definition) is 2. The number of hydrogen-bond acceptors (Lipinski definition) is 7. The topological polar surface area (TPSA) is 95.5 Å². The molecule has 0 saturated carbocycles. The van der Waals surface area contributed by atoms with Crippen molar-refractivity contribution in [3.63, 3.8) is 0 Å². The maximum Gasteiger partial charge on any atom is 0.344 e. The van der Waals surface area contributed by atoms with E-state index in [1.54, 1.807) is 26.2 Å². The highest BCUT2D eigenvalue weighted by atomic mass is 31.2. The first-order valence-corrected chi connectivity index (χ1v) is 13.6. The van der Waals surface area contributed by atoms with Crippen LogP contribution in [-0.2, 0) is 14.1 Å². The van der Waals surface area contributed by atoms with Gasteiger partial charge in [-0.2, -0.15) is 5.10 Å². The van der Waals surface area contributed by atoms with Crippen molar-refractivity contribution >= 4 is 36.1 Å². The van der Waals surface area contributed by atoms with Gasteiger partial charge in [-0.15, -0.1) is 0 Å². The van der Waals surface area contributed by atoms with Crippen LogP contribution in [0.2, 0.25) is 0 Å². The molecular formula is C25H44N5O4P. The summed E-state index contributed by atoms with van der Waals surface area (Å²) in [7, 11) is -0.0000807. The fourth-order valence-electron chi connectivity index (χ4n) is 4.52. The Morgan fingerprint density at radius 1 is 0.857 bits per heavy atom. The summed E-state index contributed by atoms with van der Waals surface area (Å²) in [6.45, 7) is 18.4. The molecule has 0 radical (unpaired) electrons. The first-order chi connectivity index (χ1) is 16.3. The van der Waals surface area contributed by atoms with Gasteiger partial charge < -0.3 is 14.6 Å². The summed E-state index contributed by atoms with van der Waals surface area (Å²) in [6, 6.07) is 8.72. The number of anilines is 1. The predicted molar refractivity (Wildman–Crippen MR) is 147 cm³/mol. The Balaban J connectivity index is 3.86. The summed E-state index contributed by atoms with van der Waals surface area (Å²) < 4.78 is 16.2. The van der Waals surface area contributed by atoms with Gasteiger partial charge in [0.15, 0.2) is 7.41 Å². The highest BCUT2D eigenvalue weighted by Gasteiger charge is 2.45. The van der Waals surface area contributed by atoms with E-state index in [-0.39, 0.29) is 24.2 Å². The van der Waals surface area contributed by atoms with Gasteiger partial charge in [-0.3, -0.25) is 0 Å². The molecule has 1 rings (SSSR count). The van der Waals surface area contributed by atoms with Crippen LogP contribution < -0.4 is 10.7 Å². The number of urea groups is 1. The lowest BCUT2D eigenvalue weighted by Crippen LogP contribution is -2.49. The highest BCUT2D eigenvalue weighted by molar-refractivity contribution is 7.71. The zero-order chi connectivity index (χ0) is 26.9. The van der Waals surface area contributed by atoms with Crippen LogP contribution in [0.5, 0.6) is 0 Å². The van der Waals surface area contributed by atoms with Crippen LogP contribution in [0.1, 0.15) is 62.3 Å². The van der Waals surface area contributed by atoms with Gasteiger partial charge in [0.1, 0.15) is 5.29 Å². The van der Waals surface area contributed by atoms with E-state index in [0.717, 1.165) is 0 Å². The van der Waals surface area contributed by atoms with Crippen molar-refractivity contribution in [2.45, 2.75) is 86.5 Å². The molecule has 1 aromatic carbocycles. The van der Waals surface area contributed by atoms with Gasteiger partial charge in [0.2, 0.25) is 0 Å². The number of rotatable bonds is 11. The number of nitrogens with one attached hydrogen (secondary N) is 2. The minimum absolute atomic E-state index is 0.0464. The molecule has 9 nitrogen and oxygen atoms in total. The molecule has 198 valence electrons. The first-order valence-electron chi connectivity index (χ1n) is 12.0. The fourth-order valence-corrected chi connectivity index (χ4v) is 9.08. The summed E-state index contributed by atoms with van der Waals surface area (Å²) in [6.07, 6.45) is 0. The van der Waals surface area contributed by atoms with Crippen LogP contribution in [0.15, 0.2) is 35.4 Å². The van der Waals surface area contributed by atoms with Crippen molar-refractivity contribution in [2.24, 2.45) is 5.10 Å².